The van der Waals surface area contributed by atoms with Crippen molar-refractivity contribution < 1.29 is 4.79 Å². The van der Waals surface area contributed by atoms with Gasteiger partial charge in [-0.1, -0.05) is 0 Å². The Bertz CT molecular complexity index is 662. The molecular weight excluding hydrogens is 314 g/mol. The van der Waals surface area contributed by atoms with E-state index in [4.69, 9.17) is 10.7 Å². The Hall–Kier alpha value is -1.69. The molecule has 1 aromatic rings. The quantitative estimate of drug-likeness (QED) is 0.887. The smallest absolute Gasteiger partial charge is 0.222 e. The van der Waals surface area contributed by atoms with Crippen LogP contribution >= 0.6 is 0 Å². The second kappa shape index (κ2) is 6.24. The highest BCUT2D eigenvalue weighted by Gasteiger charge is 2.40. The molecule has 0 unspecified atom stereocenters. The van der Waals surface area contributed by atoms with E-state index in [9.17, 15) is 4.79 Å². The van der Waals surface area contributed by atoms with E-state index in [1.165, 1.54) is 0 Å². The minimum Gasteiger partial charge on any atom is -0.356 e. The number of amides is 1. The number of rotatable bonds is 2. The zero-order valence-electron chi connectivity index (χ0n) is 15.4. The summed E-state index contributed by atoms with van der Waals surface area (Å²) in [4.78, 5) is 25.5. The molecule has 0 aromatic carbocycles. The Labute approximate surface area is 149 Å². The third-order valence-corrected chi connectivity index (χ3v) is 6.45. The third-order valence-electron chi connectivity index (χ3n) is 6.45. The van der Waals surface area contributed by atoms with Crippen LogP contribution in [-0.4, -0.2) is 53.5 Å². The van der Waals surface area contributed by atoms with Gasteiger partial charge in [0.1, 0.15) is 11.6 Å². The number of aryl methyl sites for hydroxylation is 1. The van der Waals surface area contributed by atoms with Crippen molar-refractivity contribution in [3.8, 4) is 0 Å². The average Bonchev–Trinajstić information content (AvgIpc) is 2.56. The second-order valence-electron chi connectivity index (χ2n) is 8.36. The zero-order chi connectivity index (χ0) is 17.6. The van der Waals surface area contributed by atoms with Crippen LogP contribution in [0.25, 0.3) is 0 Å². The van der Waals surface area contributed by atoms with Crippen LogP contribution in [0.5, 0.6) is 0 Å². The molecule has 1 aliphatic carbocycles. The van der Waals surface area contributed by atoms with Gasteiger partial charge in [-0.3, -0.25) is 4.79 Å². The van der Waals surface area contributed by atoms with Crippen molar-refractivity contribution in [3.63, 3.8) is 0 Å². The maximum Gasteiger partial charge on any atom is 0.222 e. The van der Waals surface area contributed by atoms with Crippen molar-refractivity contribution in [1.29, 1.82) is 0 Å². The molecule has 0 radical (unpaired) electrons. The molecule has 1 amide bonds. The van der Waals surface area contributed by atoms with Gasteiger partial charge in [-0.15, -0.1) is 0 Å². The molecule has 6 heteroatoms. The maximum absolute atomic E-state index is 11.8. The second-order valence-corrected chi connectivity index (χ2v) is 8.36. The first-order chi connectivity index (χ1) is 11.9. The fraction of sp³-hybridized carbons (Fsp3) is 0.737. The molecule has 25 heavy (non-hydrogen) atoms. The van der Waals surface area contributed by atoms with Gasteiger partial charge in [-0.05, 0) is 44.4 Å². The SMILES string of the molecule is Cc1nc(C2CC(N)C2)cc(N2CCC3(CCC(=O)N(C)C3)CC2)n1. The summed E-state index contributed by atoms with van der Waals surface area (Å²) < 4.78 is 0. The van der Waals surface area contributed by atoms with Gasteiger partial charge in [0, 0.05) is 56.8 Å². The summed E-state index contributed by atoms with van der Waals surface area (Å²) in [5, 5.41) is 0. The molecule has 3 aliphatic rings. The Morgan fingerprint density at radius 3 is 2.56 bits per heavy atom. The molecule has 1 aromatic heterocycles. The van der Waals surface area contributed by atoms with Gasteiger partial charge >= 0.3 is 0 Å². The first-order valence-corrected chi connectivity index (χ1v) is 9.54. The summed E-state index contributed by atoms with van der Waals surface area (Å²) in [7, 11) is 1.94. The number of aromatic nitrogens is 2. The normalized spacial score (nSPS) is 29.0. The number of nitrogens with two attached hydrogens (primary N) is 1. The van der Waals surface area contributed by atoms with Gasteiger partial charge < -0.3 is 15.5 Å². The van der Waals surface area contributed by atoms with Crippen molar-refractivity contribution in [2.75, 3.05) is 31.6 Å². The van der Waals surface area contributed by atoms with Crippen LogP contribution < -0.4 is 10.6 Å². The summed E-state index contributed by atoms with van der Waals surface area (Å²) in [6.07, 6.45) is 6.10. The molecule has 136 valence electrons. The lowest BCUT2D eigenvalue weighted by molar-refractivity contribution is -0.136. The molecule has 6 nitrogen and oxygen atoms in total. The van der Waals surface area contributed by atoms with E-state index < -0.39 is 0 Å². The van der Waals surface area contributed by atoms with E-state index in [1.807, 2.05) is 18.9 Å². The Morgan fingerprint density at radius 1 is 1.20 bits per heavy atom. The average molecular weight is 343 g/mol. The lowest BCUT2D eigenvalue weighted by atomic mass is 9.72. The van der Waals surface area contributed by atoms with Gasteiger partial charge in [0.15, 0.2) is 0 Å². The Morgan fingerprint density at radius 2 is 1.92 bits per heavy atom. The van der Waals surface area contributed by atoms with Crippen LogP contribution in [0, 0.1) is 12.3 Å². The van der Waals surface area contributed by atoms with Crippen LogP contribution in [0.4, 0.5) is 5.82 Å². The van der Waals surface area contributed by atoms with Crippen LogP contribution in [0.2, 0.25) is 0 Å². The monoisotopic (exact) mass is 343 g/mol. The summed E-state index contributed by atoms with van der Waals surface area (Å²) in [5.74, 6) is 2.72. The van der Waals surface area contributed by atoms with E-state index in [1.54, 1.807) is 0 Å². The number of anilines is 1. The molecule has 1 spiro atoms. The number of piperidine rings is 2. The number of hydrogen-bond acceptors (Lipinski definition) is 5. The molecular formula is C19H29N5O. The van der Waals surface area contributed by atoms with Crippen molar-refractivity contribution >= 4 is 11.7 Å². The lowest BCUT2D eigenvalue weighted by Gasteiger charge is -2.47. The molecule has 3 fully saturated rings. The van der Waals surface area contributed by atoms with Gasteiger partial charge in [-0.25, -0.2) is 9.97 Å². The summed E-state index contributed by atoms with van der Waals surface area (Å²) in [5.41, 5.74) is 7.41. The molecule has 1 saturated carbocycles. The molecule has 2 N–H and O–H groups in total. The Balaban J connectivity index is 1.45. The lowest BCUT2D eigenvalue weighted by Crippen LogP contribution is -2.50. The van der Waals surface area contributed by atoms with Crippen LogP contribution in [-0.2, 0) is 4.79 Å². The molecule has 2 saturated heterocycles. The number of carbonyl (C=O) groups excluding carboxylic acids is 1. The first kappa shape index (κ1) is 16.8. The number of hydrogen-bond donors (Lipinski definition) is 1. The number of likely N-dealkylation sites (tertiary alicyclic amines) is 1. The van der Waals surface area contributed by atoms with Crippen LogP contribution in [0.3, 0.4) is 0 Å². The van der Waals surface area contributed by atoms with Crippen molar-refractivity contribution in [3.05, 3.63) is 17.6 Å². The maximum atomic E-state index is 11.8. The molecule has 3 heterocycles. The van der Waals surface area contributed by atoms with E-state index >= 15 is 0 Å². The van der Waals surface area contributed by atoms with Crippen LogP contribution in [0.15, 0.2) is 6.07 Å². The highest BCUT2D eigenvalue weighted by molar-refractivity contribution is 5.76. The topological polar surface area (TPSA) is 75.3 Å². The molecule has 4 rings (SSSR count). The number of nitrogens with zero attached hydrogens (tertiary/aromatic N) is 4. The standard InChI is InChI=1S/C19H29N5O/c1-13-21-16(14-9-15(20)10-14)11-17(22-13)24-7-5-19(6-8-24)4-3-18(25)23(2)12-19/h11,14-15H,3-10,12,20H2,1-2H3. The minimum absolute atomic E-state index is 0.294. The van der Waals surface area contributed by atoms with Crippen LogP contribution in [0.1, 0.15) is 56.0 Å². The van der Waals surface area contributed by atoms with Crippen molar-refractivity contribution in [1.82, 2.24) is 14.9 Å². The predicted molar refractivity (Wildman–Crippen MR) is 97.5 cm³/mol. The first-order valence-electron chi connectivity index (χ1n) is 9.54. The zero-order valence-corrected chi connectivity index (χ0v) is 15.4. The van der Waals surface area contributed by atoms with Gasteiger partial charge in [-0.2, -0.15) is 0 Å². The number of carbonyl (C=O) groups is 1. The van der Waals surface area contributed by atoms with Crippen molar-refractivity contribution in [2.45, 2.75) is 57.4 Å². The summed E-state index contributed by atoms with van der Waals surface area (Å²) >= 11 is 0. The third kappa shape index (κ3) is 3.24. The molecule has 0 atom stereocenters. The molecule has 0 bridgehead atoms. The minimum atomic E-state index is 0.294. The molecule has 2 aliphatic heterocycles. The summed E-state index contributed by atoms with van der Waals surface area (Å²) in [6, 6.07) is 2.52. The van der Waals surface area contributed by atoms with E-state index in [0.29, 0.717) is 29.7 Å². The Kier molecular flexibility index (Phi) is 4.18. The largest absolute Gasteiger partial charge is 0.356 e. The van der Waals surface area contributed by atoms with Gasteiger partial charge in [0.2, 0.25) is 5.91 Å². The predicted octanol–water partition coefficient (Wildman–Crippen LogP) is 1.83. The van der Waals surface area contributed by atoms with Gasteiger partial charge in [0.05, 0.1) is 0 Å². The van der Waals surface area contributed by atoms with Crippen molar-refractivity contribution in [2.24, 2.45) is 11.1 Å². The summed E-state index contributed by atoms with van der Waals surface area (Å²) in [6.45, 7) is 4.93. The highest BCUT2D eigenvalue weighted by Crippen LogP contribution is 2.41. The van der Waals surface area contributed by atoms with E-state index in [2.05, 4.69) is 16.0 Å². The van der Waals surface area contributed by atoms with Gasteiger partial charge in [0.25, 0.3) is 0 Å². The fourth-order valence-electron chi connectivity index (χ4n) is 4.70. The fourth-order valence-corrected chi connectivity index (χ4v) is 4.70. The highest BCUT2D eigenvalue weighted by atomic mass is 16.2. The van der Waals surface area contributed by atoms with E-state index in [-0.39, 0.29) is 0 Å². The van der Waals surface area contributed by atoms with E-state index in [0.717, 1.165) is 69.1 Å².